The zero-order valence-electron chi connectivity index (χ0n) is 16.3. The van der Waals surface area contributed by atoms with Gasteiger partial charge in [0.2, 0.25) is 11.8 Å². The Morgan fingerprint density at radius 1 is 0.963 bits per heavy atom. The van der Waals surface area contributed by atoms with Gasteiger partial charge in [0.15, 0.2) is 0 Å². The lowest BCUT2D eigenvalue weighted by Gasteiger charge is -2.20. The molecule has 0 saturated heterocycles. The number of rotatable bonds is 6. The fourth-order valence-corrected chi connectivity index (χ4v) is 3.14. The fourth-order valence-electron chi connectivity index (χ4n) is 3.14. The zero-order chi connectivity index (χ0) is 19.4. The van der Waals surface area contributed by atoms with Gasteiger partial charge in [0.1, 0.15) is 6.26 Å². The Morgan fingerprint density at radius 2 is 1.59 bits per heavy atom. The Balaban J connectivity index is 1.78. The van der Waals surface area contributed by atoms with Gasteiger partial charge >= 0.3 is 0 Å². The van der Waals surface area contributed by atoms with E-state index < -0.39 is 0 Å². The molecule has 4 nitrogen and oxygen atoms in total. The van der Waals surface area contributed by atoms with Crippen LogP contribution in [0.1, 0.15) is 56.4 Å². The van der Waals surface area contributed by atoms with E-state index in [9.17, 15) is 4.79 Å². The normalized spacial score (nSPS) is 11.2. The Labute approximate surface area is 160 Å². The van der Waals surface area contributed by atoms with Crippen LogP contribution < -0.4 is 5.32 Å². The van der Waals surface area contributed by atoms with E-state index in [1.807, 2.05) is 30.3 Å². The third-order valence-corrected chi connectivity index (χ3v) is 4.55. The molecule has 0 aliphatic heterocycles. The number of anilines is 1. The Morgan fingerprint density at radius 3 is 2.19 bits per heavy atom. The summed E-state index contributed by atoms with van der Waals surface area (Å²) in [7, 11) is 0. The molecule has 1 N–H and O–H groups in total. The second-order valence-corrected chi connectivity index (χ2v) is 7.36. The number of amides is 1. The van der Waals surface area contributed by atoms with E-state index in [0.717, 1.165) is 22.4 Å². The van der Waals surface area contributed by atoms with Crippen molar-refractivity contribution in [1.29, 1.82) is 0 Å². The van der Waals surface area contributed by atoms with E-state index in [2.05, 4.69) is 56.2 Å². The summed E-state index contributed by atoms with van der Waals surface area (Å²) >= 11 is 0. The number of hydrogen-bond donors (Lipinski definition) is 1. The first-order valence-electron chi connectivity index (χ1n) is 9.38. The molecular formula is C23H26N2O2. The molecule has 2 aromatic carbocycles. The quantitative estimate of drug-likeness (QED) is 0.605. The zero-order valence-corrected chi connectivity index (χ0v) is 16.3. The van der Waals surface area contributed by atoms with Crippen molar-refractivity contribution >= 4 is 11.6 Å². The summed E-state index contributed by atoms with van der Waals surface area (Å²) in [6.07, 6.45) is 1.74. The predicted octanol–water partition coefficient (Wildman–Crippen LogP) is 5.77. The Bertz CT molecular complexity index is 885. The lowest BCUT2D eigenvalue weighted by atomic mass is 9.92. The number of aromatic nitrogens is 1. The number of oxazole rings is 1. The second-order valence-electron chi connectivity index (χ2n) is 7.36. The molecule has 0 spiro atoms. The predicted molar refractivity (Wildman–Crippen MR) is 109 cm³/mol. The third kappa shape index (κ3) is 4.45. The van der Waals surface area contributed by atoms with Gasteiger partial charge in [0.25, 0.3) is 0 Å². The summed E-state index contributed by atoms with van der Waals surface area (Å²) in [6, 6.07) is 15.9. The molecule has 0 aliphatic rings. The van der Waals surface area contributed by atoms with E-state index in [0.29, 0.717) is 23.4 Å². The van der Waals surface area contributed by atoms with Gasteiger partial charge in [-0.2, -0.15) is 0 Å². The summed E-state index contributed by atoms with van der Waals surface area (Å²) in [4.78, 5) is 17.1. The van der Waals surface area contributed by atoms with Crippen molar-refractivity contribution in [3.63, 3.8) is 0 Å². The number of benzene rings is 2. The van der Waals surface area contributed by atoms with Crippen LogP contribution in [-0.2, 0) is 11.2 Å². The summed E-state index contributed by atoms with van der Waals surface area (Å²) in [5.41, 5.74) is 4.76. The number of carbonyl (C=O) groups excluding carboxylic acids is 1. The molecule has 1 aromatic heterocycles. The van der Waals surface area contributed by atoms with Crippen molar-refractivity contribution in [2.75, 3.05) is 5.32 Å². The monoisotopic (exact) mass is 362 g/mol. The summed E-state index contributed by atoms with van der Waals surface area (Å²) < 4.78 is 5.53. The molecule has 27 heavy (non-hydrogen) atoms. The van der Waals surface area contributed by atoms with Gasteiger partial charge in [-0.05, 0) is 35.1 Å². The van der Waals surface area contributed by atoms with Gasteiger partial charge in [-0.15, -0.1) is 0 Å². The Hall–Kier alpha value is -2.88. The molecule has 0 radical (unpaired) electrons. The van der Waals surface area contributed by atoms with E-state index in [1.165, 1.54) is 0 Å². The molecule has 140 valence electrons. The average molecular weight is 362 g/mol. The van der Waals surface area contributed by atoms with E-state index in [-0.39, 0.29) is 12.3 Å². The molecule has 0 unspecified atom stereocenters. The van der Waals surface area contributed by atoms with Crippen molar-refractivity contribution in [3.8, 4) is 11.5 Å². The van der Waals surface area contributed by atoms with E-state index >= 15 is 0 Å². The van der Waals surface area contributed by atoms with Crippen LogP contribution in [-0.4, -0.2) is 10.9 Å². The molecule has 0 aliphatic carbocycles. The van der Waals surface area contributed by atoms with Crippen molar-refractivity contribution in [2.24, 2.45) is 0 Å². The van der Waals surface area contributed by atoms with Crippen LogP contribution in [0.25, 0.3) is 11.5 Å². The molecule has 0 atom stereocenters. The van der Waals surface area contributed by atoms with Gasteiger partial charge < -0.3 is 9.73 Å². The molecule has 3 rings (SSSR count). The lowest BCUT2D eigenvalue weighted by molar-refractivity contribution is -0.115. The minimum absolute atomic E-state index is 0.0853. The minimum atomic E-state index is -0.0853. The number of nitrogens with one attached hydrogen (secondary N) is 1. The highest BCUT2D eigenvalue weighted by Gasteiger charge is 2.17. The summed E-state index contributed by atoms with van der Waals surface area (Å²) in [6.45, 7) is 8.55. The molecule has 4 heteroatoms. The second kappa shape index (κ2) is 8.21. The van der Waals surface area contributed by atoms with Crippen LogP contribution in [0.4, 0.5) is 5.69 Å². The average Bonchev–Trinajstić information content (AvgIpc) is 3.10. The molecule has 0 fully saturated rings. The highest BCUT2D eigenvalue weighted by molar-refractivity contribution is 5.94. The topological polar surface area (TPSA) is 55.1 Å². The standard InChI is InChI=1S/C23H26N2O2/c1-15(2)19-11-8-12-20(16(3)4)22(19)25-21(26)13-18-14-27-23(24-18)17-9-6-5-7-10-17/h5-12,14-16H,13H2,1-4H3,(H,25,26). The first-order chi connectivity index (χ1) is 13.0. The highest BCUT2D eigenvalue weighted by Crippen LogP contribution is 2.32. The Kier molecular flexibility index (Phi) is 5.75. The lowest BCUT2D eigenvalue weighted by Crippen LogP contribution is -2.18. The van der Waals surface area contributed by atoms with Crippen LogP contribution in [0.3, 0.4) is 0 Å². The molecule has 0 saturated carbocycles. The summed E-state index contributed by atoms with van der Waals surface area (Å²) in [5, 5.41) is 3.12. The number of para-hydroxylation sites is 1. The van der Waals surface area contributed by atoms with Crippen molar-refractivity contribution in [3.05, 3.63) is 71.6 Å². The van der Waals surface area contributed by atoms with Gasteiger partial charge in [-0.3, -0.25) is 4.79 Å². The number of hydrogen-bond acceptors (Lipinski definition) is 3. The van der Waals surface area contributed by atoms with E-state index in [4.69, 9.17) is 4.42 Å². The van der Waals surface area contributed by atoms with Crippen molar-refractivity contribution < 1.29 is 9.21 Å². The first-order valence-corrected chi connectivity index (χ1v) is 9.38. The van der Waals surface area contributed by atoms with Crippen LogP contribution in [0, 0.1) is 0 Å². The van der Waals surface area contributed by atoms with Gasteiger partial charge in [0.05, 0.1) is 12.1 Å². The van der Waals surface area contributed by atoms with Gasteiger partial charge in [-0.1, -0.05) is 64.1 Å². The van der Waals surface area contributed by atoms with Gasteiger partial charge in [0, 0.05) is 11.3 Å². The van der Waals surface area contributed by atoms with Gasteiger partial charge in [-0.25, -0.2) is 4.98 Å². The smallest absolute Gasteiger partial charge is 0.230 e. The SMILES string of the molecule is CC(C)c1cccc(C(C)C)c1NC(=O)Cc1coc(-c2ccccc2)n1. The van der Waals surface area contributed by atoms with Crippen LogP contribution >= 0.6 is 0 Å². The maximum atomic E-state index is 12.7. The molecule has 0 bridgehead atoms. The van der Waals surface area contributed by atoms with Crippen LogP contribution in [0.15, 0.2) is 59.2 Å². The van der Waals surface area contributed by atoms with Crippen molar-refractivity contribution in [1.82, 2.24) is 4.98 Å². The largest absolute Gasteiger partial charge is 0.444 e. The minimum Gasteiger partial charge on any atom is -0.444 e. The summed E-state index contributed by atoms with van der Waals surface area (Å²) in [5.74, 6) is 1.10. The van der Waals surface area contributed by atoms with Crippen molar-refractivity contribution in [2.45, 2.75) is 46.0 Å². The first kappa shape index (κ1) is 18.9. The van der Waals surface area contributed by atoms with E-state index in [1.54, 1.807) is 6.26 Å². The van der Waals surface area contributed by atoms with Crippen LogP contribution in [0.2, 0.25) is 0 Å². The number of nitrogens with zero attached hydrogens (tertiary/aromatic N) is 1. The number of carbonyl (C=O) groups is 1. The molecule has 1 heterocycles. The maximum absolute atomic E-state index is 12.7. The molecular weight excluding hydrogens is 336 g/mol. The molecule has 1 amide bonds. The highest BCUT2D eigenvalue weighted by atomic mass is 16.3. The maximum Gasteiger partial charge on any atom is 0.230 e. The van der Waals surface area contributed by atoms with Crippen LogP contribution in [0.5, 0.6) is 0 Å². The molecule has 3 aromatic rings. The third-order valence-electron chi connectivity index (χ3n) is 4.55. The fraction of sp³-hybridized carbons (Fsp3) is 0.304.